The molecule has 0 aliphatic carbocycles. The topological polar surface area (TPSA) is 70.5 Å². The van der Waals surface area contributed by atoms with Gasteiger partial charge in [-0.1, -0.05) is 6.07 Å². The summed E-state index contributed by atoms with van der Waals surface area (Å²) in [5.41, 5.74) is 2.88. The fourth-order valence-electron chi connectivity index (χ4n) is 3.30. The number of nitrogens with zero attached hydrogens (tertiary/aromatic N) is 3. The van der Waals surface area contributed by atoms with Gasteiger partial charge in [-0.25, -0.2) is 9.37 Å². The van der Waals surface area contributed by atoms with Crippen molar-refractivity contribution in [2.24, 2.45) is 0 Å². The van der Waals surface area contributed by atoms with Crippen LogP contribution in [0.5, 0.6) is 0 Å². The Kier molecular flexibility index (Phi) is 4.74. The first-order valence-corrected chi connectivity index (χ1v) is 8.97. The van der Waals surface area contributed by atoms with Gasteiger partial charge in [-0.05, 0) is 36.6 Å². The van der Waals surface area contributed by atoms with E-state index >= 15 is 0 Å². The predicted molar refractivity (Wildman–Crippen MR) is 96.9 cm³/mol. The maximum absolute atomic E-state index is 13.5. The molecule has 4 rings (SSSR count). The Labute approximate surface area is 152 Å². The quantitative estimate of drug-likeness (QED) is 0.854. The summed E-state index contributed by atoms with van der Waals surface area (Å²) in [5.74, 6) is 1.36. The number of aromatic nitrogens is 2. The number of halogens is 1. The van der Waals surface area contributed by atoms with Gasteiger partial charge in [0.15, 0.2) is 0 Å². The smallest absolute Gasteiger partial charge is 0.227 e. The van der Waals surface area contributed by atoms with E-state index in [4.69, 9.17) is 4.74 Å². The molecule has 0 radical (unpaired) electrons. The average Bonchev–Trinajstić information content (AvgIpc) is 3.14. The van der Waals surface area contributed by atoms with Crippen molar-refractivity contribution in [1.29, 1.82) is 0 Å². The predicted octanol–water partition coefficient (Wildman–Crippen LogP) is 2.22. The van der Waals surface area contributed by atoms with E-state index in [1.165, 1.54) is 6.07 Å². The van der Waals surface area contributed by atoms with E-state index in [1.54, 1.807) is 12.1 Å². The molecule has 2 N–H and O–H groups in total. The third kappa shape index (κ3) is 3.64. The van der Waals surface area contributed by atoms with E-state index in [9.17, 15) is 9.50 Å². The van der Waals surface area contributed by atoms with Crippen LogP contribution in [-0.2, 0) is 11.3 Å². The van der Waals surface area contributed by atoms with Crippen molar-refractivity contribution < 1.29 is 14.2 Å². The Morgan fingerprint density at radius 2 is 2.15 bits per heavy atom. The molecule has 1 aromatic carbocycles. The zero-order valence-electron chi connectivity index (χ0n) is 14.8. The second-order valence-corrected chi connectivity index (χ2v) is 7.02. The summed E-state index contributed by atoms with van der Waals surface area (Å²) < 4.78 is 19.0. The fourth-order valence-corrected chi connectivity index (χ4v) is 3.30. The molecule has 0 spiro atoms. The van der Waals surface area contributed by atoms with E-state index in [0.717, 1.165) is 29.8 Å². The van der Waals surface area contributed by atoms with Gasteiger partial charge in [0.1, 0.15) is 11.6 Å². The molecule has 3 heterocycles. The van der Waals surface area contributed by atoms with Crippen molar-refractivity contribution in [2.75, 3.05) is 36.5 Å². The number of hydrogen-bond donors (Lipinski definition) is 2. The van der Waals surface area contributed by atoms with E-state index in [0.29, 0.717) is 38.0 Å². The van der Waals surface area contributed by atoms with Gasteiger partial charge < -0.3 is 20.1 Å². The molecule has 138 valence electrons. The maximum atomic E-state index is 13.5. The Balaban J connectivity index is 1.56. The van der Waals surface area contributed by atoms with Crippen LogP contribution < -0.4 is 10.2 Å². The minimum Gasteiger partial charge on any atom is -0.389 e. The fraction of sp³-hybridized carbons (Fsp3) is 0.474. The third-order valence-corrected chi connectivity index (χ3v) is 5.00. The first kappa shape index (κ1) is 17.2. The van der Waals surface area contributed by atoms with Gasteiger partial charge in [0, 0.05) is 38.2 Å². The molecule has 2 aliphatic heterocycles. The lowest BCUT2D eigenvalue weighted by atomic mass is 10.0. The normalized spacial score (nSPS) is 20.3. The van der Waals surface area contributed by atoms with Gasteiger partial charge in [-0.3, -0.25) is 0 Å². The highest BCUT2D eigenvalue weighted by molar-refractivity contribution is 5.47. The monoisotopic (exact) mass is 358 g/mol. The number of rotatable bonds is 5. The molecule has 0 amide bonds. The third-order valence-electron chi connectivity index (χ3n) is 5.00. The van der Waals surface area contributed by atoms with E-state index in [1.807, 2.05) is 17.9 Å². The first-order valence-electron chi connectivity index (χ1n) is 8.97. The molecular weight excluding hydrogens is 335 g/mol. The van der Waals surface area contributed by atoms with Crippen LogP contribution in [0.3, 0.4) is 0 Å². The molecule has 26 heavy (non-hydrogen) atoms. The van der Waals surface area contributed by atoms with Gasteiger partial charge >= 0.3 is 0 Å². The van der Waals surface area contributed by atoms with Crippen LogP contribution in [-0.4, -0.2) is 47.5 Å². The number of aliphatic hydroxyl groups excluding tert-OH is 1. The Bertz CT molecular complexity index is 789. The first-order chi connectivity index (χ1) is 12.6. The summed E-state index contributed by atoms with van der Waals surface area (Å²) >= 11 is 0. The summed E-state index contributed by atoms with van der Waals surface area (Å²) in [6, 6.07) is 6.74. The van der Waals surface area contributed by atoms with Gasteiger partial charge in [0.2, 0.25) is 5.95 Å². The second kappa shape index (κ2) is 7.17. The number of aliphatic hydroxyl groups is 1. The Morgan fingerprint density at radius 1 is 1.31 bits per heavy atom. The molecule has 2 saturated heterocycles. The Hall–Kier alpha value is -2.25. The highest BCUT2D eigenvalue weighted by Crippen LogP contribution is 2.28. The lowest BCUT2D eigenvalue weighted by Crippen LogP contribution is -2.51. The highest BCUT2D eigenvalue weighted by Gasteiger charge is 2.28. The molecule has 0 bridgehead atoms. The maximum Gasteiger partial charge on any atom is 0.227 e. The van der Waals surface area contributed by atoms with Crippen LogP contribution in [0.2, 0.25) is 0 Å². The van der Waals surface area contributed by atoms with Crippen molar-refractivity contribution in [2.45, 2.75) is 31.9 Å². The number of aryl methyl sites for hydroxylation is 1. The number of anilines is 2. The van der Waals surface area contributed by atoms with Crippen molar-refractivity contribution >= 4 is 11.8 Å². The molecule has 7 heteroatoms. The number of benzene rings is 1. The molecule has 0 saturated carbocycles. The van der Waals surface area contributed by atoms with Gasteiger partial charge in [-0.2, -0.15) is 4.98 Å². The number of nitrogens with one attached hydrogen (secondary N) is 1. The van der Waals surface area contributed by atoms with Gasteiger partial charge in [0.25, 0.3) is 0 Å². The van der Waals surface area contributed by atoms with Gasteiger partial charge in [0.05, 0.1) is 18.4 Å². The summed E-state index contributed by atoms with van der Waals surface area (Å²) in [5, 5.41) is 12.9. The SMILES string of the molecule is Cc1ccc(F)cc1CNc1cc([C@@H]2CCOC2)nc(N2CC(O)C2)n1. The number of ether oxygens (including phenoxy) is 1. The van der Waals surface area contributed by atoms with Crippen molar-refractivity contribution in [3.63, 3.8) is 0 Å². The molecule has 1 atom stereocenters. The van der Waals surface area contributed by atoms with Crippen molar-refractivity contribution in [3.05, 3.63) is 46.9 Å². The van der Waals surface area contributed by atoms with Crippen molar-refractivity contribution in [1.82, 2.24) is 9.97 Å². The van der Waals surface area contributed by atoms with Crippen LogP contribution >= 0.6 is 0 Å². The summed E-state index contributed by atoms with van der Waals surface area (Å²) in [6.07, 6.45) is 0.630. The number of β-amino-alcohol motifs (C(OH)–C–C–N with tert-alkyl or cyclic N) is 1. The molecule has 1 aromatic heterocycles. The molecule has 2 fully saturated rings. The zero-order chi connectivity index (χ0) is 18.1. The standard InChI is InChI=1S/C19H23FN4O2/c1-12-2-3-15(20)6-14(12)8-21-18-7-17(13-4-5-26-11-13)22-19(23-18)24-9-16(25)10-24/h2-3,6-7,13,16,25H,4-5,8-11H2,1H3,(H,21,22,23)/t13-/m1/s1. The molecular formula is C19H23FN4O2. The summed E-state index contributed by atoms with van der Waals surface area (Å²) in [4.78, 5) is 11.2. The van der Waals surface area contributed by atoms with Gasteiger partial charge in [-0.15, -0.1) is 0 Å². The minimum atomic E-state index is -0.316. The highest BCUT2D eigenvalue weighted by atomic mass is 19.1. The van der Waals surface area contributed by atoms with E-state index in [-0.39, 0.29) is 17.8 Å². The van der Waals surface area contributed by atoms with Crippen LogP contribution in [0.15, 0.2) is 24.3 Å². The molecule has 2 aliphatic rings. The Morgan fingerprint density at radius 3 is 2.88 bits per heavy atom. The summed E-state index contributed by atoms with van der Waals surface area (Å²) in [7, 11) is 0. The van der Waals surface area contributed by atoms with Crippen LogP contribution in [0.4, 0.5) is 16.2 Å². The minimum absolute atomic E-state index is 0.242. The molecule has 0 unspecified atom stereocenters. The van der Waals surface area contributed by atoms with Crippen LogP contribution in [0.25, 0.3) is 0 Å². The summed E-state index contributed by atoms with van der Waals surface area (Å²) in [6.45, 7) is 4.97. The molecule has 2 aromatic rings. The lowest BCUT2D eigenvalue weighted by molar-refractivity contribution is 0.140. The van der Waals surface area contributed by atoms with Crippen LogP contribution in [0.1, 0.15) is 29.2 Å². The van der Waals surface area contributed by atoms with Crippen molar-refractivity contribution in [3.8, 4) is 0 Å². The van der Waals surface area contributed by atoms with E-state index in [2.05, 4.69) is 15.3 Å². The average molecular weight is 358 g/mol. The number of hydrogen-bond acceptors (Lipinski definition) is 6. The largest absolute Gasteiger partial charge is 0.389 e. The van der Waals surface area contributed by atoms with Crippen LogP contribution in [0, 0.1) is 12.7 Å². The second-order valence-electron chi connectivity index (χ2n) is 7.02. The van der Waals surface area contributed by atoms with E-state index < -0.39 is 0 Å². The molecule has 6 nitrogen and oxygen atoms in total. The zero-order valence-corrected chi connectivity index (χ0v) is 14.8. The lowest BCUT2D eigenvalue weighted by Gasteiger charge is -2.36.